The smallest absolute Gasteiger partial charge is 0.269 e. The average Bonchev–Trinajstić information content (AvgIpc) is 2.95. The maximum Gasteiger partial charge on any atom is 0.269 e. The number of nitro benzene ring substituents is 1. The largest absolute Gasteiger partial charge is 0.384 e. The summed E-state index contributed by atoms with van der Waals surface area (Å²) in [6.45, 7) is 5.09. The summed E-state index contributed by atoms with van der Waals surface area (Å²) in [6.07, 6.45) is 2.54. The number of aryl methyl sites for hydroxylation is 1. The maximum absolute atomic E-state index is 10.6. The van der Waals surface area contributed by atoms with E-state index in [1.165, 1.54) is 12.8 Å². The molecule has 0 spiro atoms. The van der Waals surface area contributed by atoms with Crippen LogP contribution in [0.15, 0.2) is 18.2 Å². The number of hydrogen-bond donors (Lipinski definition) is 1. The van der Waals surface area contributed by atoms with Gasteiger partial charge < -0.3 is 5.32 Å². The molecule has 1 aliphatic rings. The second kappa shape index (κ2) is 3.77. The zero-order valence-electron chi connectivity index (χ0n) is 9.62. The summed E-state index contributed by atoms with van der Waals surface area (Å²) in [5, 5.41) is 13.9. The van der Waals surface area contributed by atoms with Crippen molar-refractivity contribution in [2.75, 3.05) is 11.9 Å². The number of non-ortho nitro benzene ring substituents is 1. The van der Waals surface area contributed by atoms with E-state index in [-0.39, 0.29) is 10.6 Å². The minimum Gasteiger partial charge on any atom is -0.384 e. The van der Waals surface area contributed by atoms with Gasteiger partial charge in [0.1, 0.15) is 0 Å². The van der Waals surface area contributed by atoms with Crippen LogP contribution in [0.4, 0.5) is 11.4 Å². The summed E-state index contributed by atoms with van der Waals surface area (Å²) in [5.41, 5.74) is 2.52. The molecule has 16 heavy (non-hydrogen) atoms. The minimum atomic E-state index is -0.362. The van der Waals surface area contributed by atoms with E-state index < -0.39 is 0 Å². The number of hydrogen-bond acceptors (Lipinski definition) is 3. The van der Waals surface area contributed by atoms with Crippen LogP contribution in [0.25, 0.3) is 0 Å². The van der Waals surface area contributed by atoms with Crippen molar-refractivity contribution in [1.29, 1.82) is 0 Å². The van der Waals surface area contributed by atoms with E-state index >= 15 is 0 Å². The van der Waals surface area contributed by atoms with Crippen molar-refractivity contribution >= 4 is 11.4 Å². The first kappa shape index (κ1) is 10.9. The summed E-state index contributed by atoms with van der Waals surface area (Å²) < 4.78 is 0. The van der Waals surface area contributed by atoms with E-state index in [1.807, 2.05) is 6.92 Å². The first-order valence-corrected chi connectivity index (χ1v) is 5.49. The Hall–Kier alpha value is -1.58. The molecule has 0 amide bonds. The SMILES string of the molecule is Cc1cc([N+](=O)[O-])ccc1NCC1(C)CC1. The van der Waals surface area contributed by atoms with Crippen molar-refractivity contribution in [2.24, 2.45) is 5.41 Å². The fourth-order valence-electron chi connectivity index (χ4n) is 1.66. The van der Waals surface area contributed by atoms with Gasteiger partial charge in [-0.1, -0.05) is 6.92 Å². The first-order chi connectivity index (χ1) is 7.50. The van der Waals surface area contributed by atoms with Gasteiger partial charge in [0.25, 0.3) is 5.69 Å². The lowest BCUT2D eigenvalue weighted by Gasteiger charge is -2.13. The van der Waals surface area contributed by atoms with Crippen LogP contribution >= 0.6 is 0 Å². The summed E-state index contributed by atoms with van der Waals surface area (Å²) in [5.74, 6) is 0. The number of nitro groups is 1. The molecular weight excluding hydrogens is 204 g/mol. The monoisotopic (exact) mass is 220 g/mol. The van der Waals surface area contributed by atoms with E-state index in [0.717, 1.165) is 17.8 Å². The Morgan fingerprint density at radius 1 is 1.50 bits per heavy atom. The lowest BCUT2D eigenvalue weighted by molar-refractivity contribution is -0.384. The molecule has 0 aliphatic heterocycles. The highest BCUT2D eigenvalue weighted by molar-refractivity contribution is 5.55. The molecule has 1 aromatic carbocycles. The molecule has 4 nitrogen and oxygen atoms in total. The summed E-state index contributed by atoms with van der Waals surface area (Å²) in [7, 11) is 0. The molecule has 1 saturated carbocycles. The molecule has 4 heteroatoms. The van der Waals surface area contributed by atoms with Gasteiger partial charge in [-0.05, 0) is 36.8 Å². The Kier molecular flexibility index (Phi) is 2.58. The lowest BCUT2D eigenvalue weighted by Crippen LogP contribution is -2.12. The average molecular weight is 220 g/mol. The molecule has 0 heterocycles. The zero-order chi connectivity index (χ0) is 11.8. The van der Waals surface area contributed by atoms with Crippen LogP contribution in [-0.2, 0) is 0 Å². The molecule has 2 rings (SSSR count). The fourth-order valence-corrected chi connectivity index (χ4v) is 1.66. The molecule has 1 fully saturated rings. The van der Waals surface area contributed by atoms with E-state index in [0.29, 0.717) is 5.41 Å². The maximum atomic E-state index is 10.6. The third-order valence-corrected chi connectivity index (χ3v) is 3.23. The first-order valence-electron chi connectivity index (χ1n) is 5.49. The number of nitrogens with one attached hydrogen (secondary N) is 1. The molecule has 0 bridgehead atoms. The molecular formula is C12H16N2O2. The second-order valence-electron chi connectivity index (χ2n) is 4.92. The minimum absolute atomic E-state index is 0.153. The molecule has 1 aromatic rings. The van der Waals surface area contributed by atoms with Crippen LogP contribution in [0.2, 0.25) is 0 Å². The van der Waals surface area contributed by atoms with Crippen LogP contribution in [0.5, 0.6) is 0 Å². The third kappa shape index (κ3) is 2.32. The van der Waals surface area contributed by atoms with Crippen LogP contribution < -0.4 is 5.32 Å². The Morgan fingerprint density at radius 3 is 2.69 bits per heavy atom. The highest BCUT2D eigenvalue weighted by Crippen LogP contribution is 2.44. The molecule has 0 saturated heterocycles. The Labute approximate surface area is 94.8 Å². The third-order valence-electron chi connectivity index (χ3n) is 3.23. The molecule has 0 atom stereocenters. The molecule has 0 radical (unpaired) electrons. The topological polar surface area (TPSA) is 55.2 Å². The van der Waals surface area contributed by atoms with Gasteiger partial charge in [-0.15, -0.1) is 0 Å². The van der Waals surface area contributed by atoms with Crippen LogP contribution in [-0.4, -0.2) is 11.5 Å². The van der Waals surface area contributed by atoms with E-state index in [4.69, 9.17) is 0 Å². The predicted octanol–water partition coefficient (Wildman–Crippen LogP) is 3.12. The number of nitrogens with zero attached hydrogens (tertiary/aromatic N) is 1. The Balaban J connectivity index is 2.07. The summed E-state index contributed by atoms with van der Waals surface area (Å²) in [4.78, 5) is 10.2. The zero-order valence-corrected chi connectivity index (χ0v) is 9.62. The van der Waals surface area contributed by atoms with Gasteiger partial charge in [0.05, 0.1) is 4.92 Å². The molecule has 1 aliphatic carbocycles. The van der Waals surface area contributed by atoms with Crippen LogP contribution in [0.3, 0.4) is 0 Å². The van der Waals surface area contributed by atoms with Gasteiger partial charge in [0, 0.05) is 24.4 Å². The predicted molar refractivity (Wildman–Crippen MR) is 63.7 cm³/mol. The van der Waals surface area contributed by atoms with Crippen molar-refractivity contribution in [3.05, 3.63) is 33.9 Å². The molecule has 1 N–H and O–H groups in total. The lowest BCUT2D eigenvalue weighted by atomic mass is 10.1. The molecule has 0 aromatic heterocycles. The number of benzene rings is 1. The van der Waals surface area contributed by atoms with Crippen molar-refractivity contribution < 1.29 is 4.92 Å². The van der Waals surface area contributed by atoms with E-state index in [1.54, 1.807) is 18.2 Å². The van der Waals surface area contributed by atoms with Gasteiger partial charge in [-0.3, -0.25) is 10.1 Å². The summed E-state index contributed by atoms with van der Waals surface area (Å²) >= 11 is 0. The van der Waals surface area contributed by atoms with E-state index in [9.17, 15) is 10.1 Å². The summed E-state index contributed by atoms with van der Waals surface area (Å²) in [6, 6.07) is 4.95. The van der Waals surface area contributed by atoms with Gasteiger partial charge in [-0.2, -0.15) is 0 Å². The quantitative estimate of drug-likeness (QED) is 0.626. The van der Waals surface area contributed by atoms with Crippen LogP contribution in [0, 0.1) is 22.5 Å². The van der Waals surface area contributed by atoms with Gasteiger partial charge >= 0.3 is 0 Å². The van der Waals surface area contributed by atoms with E-state index in [2.05, 4.69) is 12.2 Å². The standard InChI is InChI=1S/C12H16N2O2/c1-9-7-10(14(15)16)3-4-11(9)13-8-12(2)5-6-12/h3-4,7,13H,5-6,8H2,1-2H3. The highest BCUT2D eigenvalue weighted by Gasteiger charge is 2.36. The second-order valence-corrected chi connectivity index (χ2v) is 4.92. The van der Waals surface area contributed by atoms with Gasteiger partial charge in [-0.25, -0.2) is 0 Å². The molecule has 0 unspecified atom stereocenters. The van der Waals surface area contributed by atoms with Crippen molar-refractivity contribution in [3.63, 3.8) is 0 Å². The fraction of sp³-hybridized carbons (Fsp3) is 0.500. The van der Waals surface area contributed by atoms with Crippen molar-refractivity contribution in [2.45, 2.75) is 26.7 Å². The number of anilines is 1. The highest BCUT2D eigenvalue weighted by atomic mass is 16.6. The van der Waals surface area contributed by atoms with Gasteiger partial charge in [0.2, 0.25) is 0 Å². The molecule has 86 valence electrons. The normalized spacial score (nSPS) is 16.9. The number of rotatable bonds is 4. The van der Waals surface area contributed by atoms with Crippen molar-refractivity contribution in [1.82, 2.24) is 0 Å². The Bertz CT molecular complexity index is 425. The van der Waals surface area contributed by atoms with Gasteiger partial charge in [0.15, 0.2) is 0 Å². The van der Waals surface area contributed by atoms with Crippen molar-refractivity contribution in [3.8, 4) is 0 Å². The Morgan fingerprint density at radius 2 is 2.19 bits per heavy atom. The van der Waals surface area contributed by atoms with Crippen LogP contribution in [0.1, 0.15) is 25.3 Å².